The number of methoxy groups -OCH3 is 1. The molecule has 78 valence electrons. The second kappa shape index (κ2) is 4.10. The van der Waals surface area contributed by atoms with Gasteiger partial charge in [-0.3, -0.25) is 5.10 Å². The highest BCUT2D eigenvalue weighted by Gasteiger charge is 2.11. The molecular formula is C10H12N4O. The van der Waals surface area contributed by atoms with Crippen molar-refractivity contribution in [2.45, 2.75) is 6.04 Å². The van der Waals surface area contributed by atoms with Crippen molar-refractivity contribution in [3.05, 3.63) is 42.0 Å². The lowest BCUT2D eigenvalue weighted by molar-refractivity contribution is 0.414. The number of hydrogen-bond donors (Lipinski definition) is 2. The third-order valence-electron chi connectivity index (χ3n) is 2.20. The van der Waals surface area contributed by atoms with Crippen molar-refractivity contribution in [1.29, 1.82) is 0 Å². The molecule has 0 amide bonds. The second-order valence-electron chi connectivity index (χ2n) is 3.12. The number of hydrogen-bond acceptors (Lipinski definition) is 4. The van der Waals surface area contributed by atoms with Gasteiger partial charge >= 0.3 is 0 Å². The van der Waals surface area contributed by atoms with Crippen LogP contribution in [-0.2, 0) is 0 Å². The van der Waals surface area contributed by atoms with Crippen LogP contribution in [0.3, 0.4) is 0 Å². The highest BCUT2D eigenvalue weighted by atomic mass is 16.5. The van der Waals surface area contributed by atoms with Gasteiger partial charge in [0.05, 0.1) is 13.2 Å². The zero-order chi connectivity index (χ0) is 10.7. The molecule has 0 aliphatic rings. The Labute approximate surface area is 87.3 Å². The van der Waals surface area contributed by atoms with E-state index in [9.17, 15) is 0 Å². The van der Waals surface area contributed by atoms with E-state index in [2.05, 4.69) is 15.2 Å². The van der Waals surface area contributed by atoms with E-state index < -0.39 is 0 Å². The van der Waals surface area contributed by atoms with Crippen molar-refractivity contribution in [2.75, 3.05) is 7.11 Å². The number of rotatable bonds is 3. The third kappa shape index (κ3) is 1.97. The van der Waals surface area contributed by atoms with Crippen LogP contribution in [0.25, 0.3) is 0 Å². The predicted molar refractivity (Wildman–Crippen MR) is 55.4 cm³/mol. The molecular weight excluding hydrogens is 192 g/mol. The Bertz CT molecular complexity index is 409. The van der Waals surface area contributed by atoms with Crippen LogP contribution in [0.5, 0.6) is 5.75 Å². The van der Waals surface area contributed by atoms with Crippen LogP contribution in [0.4, 0.5) is 0 Å². The minimum absolute atomic E-state index is 0.279. The van der Waals surface area contributed by atoms with Crippen LogP contribution in [0, 0.1) is 0 Å². The Balaban J connectivity index is 2.22. The highest BCUT2D eigenvalue weighted by molar-refractivity contribution is 5.31. The summed E-state index contributed by atoms with van der Waals surface area (Å²) in [6, 6.07) is 7.27. The quantitative estimate of drug-likeness (QED) is 0.777. The van der Waals surface area contributed by atoms with Gasteiger partial charge in [0.2, 0.25) is 0 Å². The van der Waals surface area contributed by atoms with Gasteiger partial charge in [-0.25, -0.2) is 4.98 Å². The highest BCUT2D eigenvalue weighted by Crippen LogP contribution is 2.18. The summed E-state index contributed by atoms with van der Waals surface area (Å²) in [5.41, 5.74) is 6.94. The van der Waals surface area contributed by atoms with Crippen molar-refractivity contribution in [3.63, 3.8) is 0 Å². The van der Waals surface area contributed by atoms with E-state index >= 15 is 0 Å². The number of ether oxygens (including phenoxy) is 1. The minimum atomic E-state index is -0.279. The fraction of sp³-hybridized carbons (Fsp3) is 0.200. The van der Waals surface area contributed by atoms with E-state index in [1.165, 1.54) is 6.33 Å². The fourth-order valence-corrected chi connectivity index (χ4v) is 1.33. The molecule has 0 saturated carbocycles. The van der Waals surface area contributed by atoms with E-state index in [1.54, 1.807) is 7.11 Å². The number of nitrogens with one attached hydrogen (secondary N) is 1. The smallest absolute Gasteiger partial charge is 0.145 e. The number of aromatic nitrogens is 3. The molecule has 0 radical (unpaired) electrons. The number of aromatic amines is 1. The fourth-order valence-electron chi connectivity index (χ4n) is 1.33. The first-order chi connectivity index (χ1) is 7.31. The zero-order valence-corrected chi connectivity index (χ0v) is 8.34. The van der Waals surface area contributed by atoms with Crippen LogP contribution in [0.15, 0.2) is 30.6 Å². The van der Waals surface area contributed by atoms with Crippen LogP contribution >= 0.6 is 0 Å². The number of benzene rings is 1. The number of nitrogens with zero attached hydrogens (tertiary/aromatic N) is 2. The van der Waals surface area contributed by atoms with Crippen molar-refractivity contribution in [2.24, 2.45) is 5.73 Å². The average molecular weight is 204 g/mol. The monoisotopic (exact) mass is 204 g/mol. The summed E-state index contributed by atoms with van der Waals surface area (Å²) in [6.45, 7) is 0. The van der Waals surface area contributed by atoms with E-state index in [-0.39, 0.29) is 6.04 Å². The van der Waals surface area contributed by atoms with Gasteiger partial charge in [0.25, 0.3) is 0 Å². The van der Waals surface area contributed by atoms with Crippen molar-refractivity contribution >= 4 is 0 Å². The summed E-state index contributed by atoms with van der Waals surface area (Å²) >= 11 is 0. The molecule has 0 aliphatic heterocycles. The van der Waals surface area contributed by atoms with Crippen LogP contribution in [-0.4, -0.2) is 22.3 Å². The van der Waals surface area contributed by atoms with E-state index in [0.717, 1.165) is 11.3 Å². The Kier molecular flexibility index (Phi) is 2.64. The van der Waals surface area contributed by atoms with Gasteiger partial charge in [-0.1, -0.05) is 12.1 Å². The Hall–Kier alpha value is -1.88. The third-order valence-corrected chi connectivity index (χ3v) is 2.20. The van der Waals surface area contributed by atoms with Gasteiger partial charge in [-0.2, -0.15) is 5.10 Å². The Morgan fingerprint density at radius 3 is 2.60 bits per heavy atom. The molecule has 1 aromatic carbocycles. The molecule has 0 aliphatic carbocycles. The van der Waals surface area contributed by atoms with Gasteiger partial charge < -0.3 is 10.5 Å². The first-order valence-electron chi connectivity index (χ1n) is 4.56. The lowest BCUT2D eigenvalue weighted by Gasteiger charge is -2.09. The maximum absolute atomic E-state index is 5.98. The maximum atomic E-state index is 5.98. The van der Waals surface area contributed by atoms with Crippen LogP contribution in [0.2, 0.25) is 0 Å². The van der Waals surface area contributed by atoms with E-state index in [1.807, 2.05) is 24.3 Å². The Morgan fingerprint density at radius 2 is 2.07 bits per heavy atom. The van der Waals surface area contributed by atoms with Crippen molar-refractivity contribution < 1.29 is 4.74 Å². The summed E-state index contributed by atoms with van der Waals surface area (Å²) in [7, 11) is 1.63. The van der Waals surface area contributed by atoms with Gasteiger partial charge in [0.15, 0.2) is 0 Å². The predicted octanol–water partition coefficient (Wildman–Crippen LogP) is 0.861. The molecule has 5 nitrogen and oxygen atoms in total. The van der Waals surface area contributed by atoms with Gasteiger partial charge in [0.1, 0.15) is 17.9 Å². The molecule has 0 spiro atoms. The van der Waals surface area contributed by atoms with Crippen molar-refractivity contribution in [1.82, 2.24) is 15.2 Å². The molecule has 5 heteroatoms. The summed E-state index contributed by atoms with van der Waals surface area (Å²) in [4.78, 5) is 4.01. The topological polar surface area (TPSA) is 76.8 Å². The normalized spacial score (nSPS) is 12.4. The van der Waals surface area contributed by atoms with Gasteiger partial charge in [-0.05, 0) is 17.7 Å². The summed E-state index contributed by atoms with van der Waals surface area (Å²) in [6.07, 6.45) is 1.44. The minimum Gasteiger partial charge on any atom is -0.497 e. The second-order valence-corrected chi connectivity index (χ2v) is 3.12. The lowest BCUT2D eigenvalue weighted by Crippen LogP contribution is -2.13. The molecule has 1 aromatic heterocycles. The van der Waals surface area contributed by atoms with Crippen LogP contribution in [0.1, 0.15) is 17.4 Å². The first kappa shape index (κ1) is 9.67. The molecule has 0 saturated heterocycles. The zero-order valence-electron chi connectivity index (χ0n) is 8.34. The van der Waals surface area contributed by atoms with Gasteiger partial charge in [0, 0.05) is 0 Å². The molecule has 15 heavy (non-hydrogen) atoms. The largest absolute Gasteiger partial charge is 0.497 e. The van der Waals surface area contributed by atoms with Crippen molar-refractivity contribution in [3.8, 4) is 5.75 Å². The number of nitrogens with two attached hydrogens (primary N) is 1. The van der Waals surface area contributed by atoms with E-state index in [0.29, 0.717) is 5.82 Å². The molecule has 0 fully saturated rings. The molecule has 1 heterocycles. The summed E-state index contributed by atoms with van der Waals surface area (Å²) in [5.74, 6) is 1.46. The van der Waals surface area contributed by atoms with Gasteiger partial charge in [-0.15, -0.1) is 0 Å². The number of H-pyrrole nitrogens is 1. The standard InChI is InChI=1S/C10H12N4O/c1-15-8-4-2-7(3-5-8)9(11)10-12-6-13-14-10/h2-6,9H,11H2,1H3,(H,12,13,14). The molecule has 1 atom stereocenters. The van der Waals surface area contributed by atoms with Crippen LogP contribution < -0.4 is 10.5 Å². The Morgan fingerprint density at radius 1 is 1.33 bits per heavy atom. The lowest BCUT2D eigenvalue weighted by atomic mass is 10.1. The maximum Gasteiger partial charge on any atom is 0.145 e. The summed E-state index contributed by atoms with van der Waals surface area (Å²) < 4.78 is 5.06. The van der Waals surface area contributed by atoms with E-state index in [4.69, 9.17) is 10.5 Å². The summed E-state index contributed by atoms with van der Waals surface area (Å²) in [5, 5.41) is 6.51. The first-order valence-corrected chi connectivity index (χ1v) is 4.56. The molecule has 3 N–H and O–H groups in total. The average Bonchev–Trinajstić information content (AvgIpc) is 2.82. The molecule has 0 bridgehead atoms. The molecule has 2 rings (SSSR count). The molecule has 1 unspecified atom stereocenters. The SMILES string of the molecule is COc1ccc(C(N)c2ncn[nH]2)cc1. The molecule has 2 aromatic rings.